The number of aryl methyl sites for hydroxylation is 1. The first-order valence-electron chi connectivity index (χ1n) is 8.10. The van der Waals surface area contributed by atoms with E-state index in [0.717, 1.165) is 18.1 Å². The van der Waals surface area contributed by atoms with Crippen LogP contribution in [0.2, 0.25) is 0 Å². The predicted octanol–water partition coefficient (Wildman–Crippen LogP) is 2.54. The van der Waals surface area contributed by atoms with Gasteiger partial charge in [0, 0.05) is 24.3 Å². The Kier molecular flexibility index (Phi) is 4.71. The fourth-order valence-electron chi connectivity index (χ4n) is 2.96. The highest BCUT2D eigenvalue weighted by molar-refractivity contribution is 7.91. The van der Waals surface area contributed by atoms with Crippen molar-refractivity contribution in [3.8, 4) is 0 Å². The number of sulfone groups is 1. The zero-order chi connectivity index (χ0) is 17.2. The lowest BCUT2D eigenvalue weighted by molar-refractivity contribution is 0.602. The Morgan fingerprint density at radius 2 is 2.12 bits per heavy atom. The van der Waals surface area contributed by atoms with E-state index in [2.05, 4.69) is 52.2 Å². The van der Waals surface area contributed by atoms with Crippen molar-refractivity contribution in [3.63, 3.8) is 0 Å². The van der Waals surface area contributed by atoms with Gasteiger partial charge in [0.2, 0.25) is 0 Å². The van der Waals surface area contributed by atoms with Crippen molar-refractivity contribution in [2.45, 2.75) is 26.3 Å². The molecule has 1 aromatic carbocycles. The van der Waals surface area contributed by atoms with Gasteiger partial charge in [0.25, 0.3) is 0 Å². The molecule has 2 aromatic rings. The van der Waals surface area contributed by atoms with E-state index in [1.165, 1.54) is 11.9 Å². The lowest BCUT2D eigenvalue weighted by Crippen LogP contribution is -2.22. The molecule has 1 unspecified atom stereocenters. The molecule has 0 radical (unpaired) electrons. The number of benzene rings is 1. The van der Waals surface area contributed by atoms with Crippen LogP contribution < -0.4 is 10.2 Å². The lowest BCUT2D eigenvalue weighted by atomic mass is 10.2. The third-order valence-electron chi connectivity index (χ3n) is 4.14. The van der Waals surface area contributed by atoms with Gasteiger partial charge in [-0.05, 0) is 38.0 Å². The fourth-order valence-corrected chi connectivity index (χ4v) is 4.64. The molecule has 3 rings (SSSR count). The molecule has 2 heterocycles. The molecule has 6 nitrogen and oxygen atoms in total. The van der Waals surface area contributed by atoms with E-state index >= 15 is 0 Å². The molecule has 0 amide bonds. The van der Waals surface area contributed by atoms with Crippen LogP contribution in [0.5, 0.6) is 0 Å². The number of aromatic nitrogens is 2. The first-order chi connectivity index (χ1) is 11.5. The Bertz CT molecular complexity index is 823. The van der Waals surface area contributed by atoms with Crippen molar-refractivity contribution in [1.29, 1.82) is 0 Å². The van der Waals surface area contributed by atoms with E-state index in [1.807, 2.05) is 12.1 Å². The van der Waals surface area contributed by atoms with E-state index in [-0.39, 0.29) is 17.5 Å². The minimum atomic E-state index is -2.91. The number of anilines is 3. The predicted molar refractivity (Wildman–Crippen MR) is 96.6 cm³/mol. The molecule has 1 aromatic heterocycles. The van der Waals surface area contributed by atoms with Crippen LogP contribution in [0.15, 0.2) is 36.7 Å². The van der Waals surface area contributed by atoms with Crippen LogP contribution in [0.25, 0.3) is 0 Å². The molecule has 1 fully saturated rings. The van der Waals surface area contributed by atoms with E-state index in [1.54, 1.807) is 0 Å². The molecule has 0 saturated carbocycles. The second-order valence-corrected chi connectivity index (χ2v) is 8.32. The number of nitrogens with zero attached hydrogens (tertiary/aromatic N) is 3. The second kappa shape index (κ2) is 6.76. The largest absolute Gasteiger partial charge is 0.366 e. The molecular weight excluding hydrogens is 324 g/mol. The van der Waals surface area contributed by atoms with Crippen molar-refractivity contribution in [2.75, 3.05) is 28.3 Å². The van der Waals surface area contributed by atoms with Gasteiger partial charge in [-0.3, -0.25) is 0 Å². The molecular formula is C17H22N4O2S. The normalized spacial score (nSPS) is 19.2. The topological polar surface area (TPSA) is 75.2 Å². The molecule has 128 valence electrons. The van der Waals surface area contributed by atoms with Crippen LogP contribution in [-0.4, -0.2) is 42.5 Å². The van der Waals surface area contributed by atoms with E-state index in [0.29, 0.717) is 12.2 Å². The number of hydrogen-bond donors (Lipinski definition) is 1. The molecule has 1 atom stereocenters. The van der Waals surface area contributed by atoms with Crippen molar-refractivity contribution in [2.24, 2.45) is 0 Å². The van der Waals surface area contributed by atoms with Crippen molar-refractivity contribution >= 4 is 27.2 Å². The third kappa shape index (κ3) is 3.84. The van der Waals surface area contributed by atoms with Gasteiger partial charge in [0.15, 0.2) is 9.84 Å². The summed E-state index contributed by atoms with van der Waals surface area (Å²) in [6.45, 7) is 4.91. The highest BCUT2D eigenvalue weighted by atomic mass is 32.2. The summed E-state index contributed by atoms with van der Waals surface area (Å²) < 4.78 is 23.2. The van der Waals surface area contributed by atoms with Crippen LogP contribution in [0.1, 0.15) is 18.9 Å². The quantitative estimate of drug-likeness (QED) is 0.897. The van der Waals surface area contributed by atoms with Crippen LogP contribution >= 0.6 is 0 Å². The van der Waals surface area contributed by atoms with Gasteiger partial charge in [-0.15, -0.1) is 0 Å². The molecule has 7 heteroatoms. The van der Waals surface area contributed by atoms with E-state index < -0.39 is 9.84 Å². The van der Waals surface area contributed by atoms with Gasteiger partial charge in [0.1, 0.15) is 18.0 Å². The average Bonchev–Trinajstić information content (AvgIpc) is 2.87. The van der Waals surface area contributed by atoms with Gasteiger partial charge < -0.3 is 10.2 Å². The first kappa shape index (κ1) is 16.7. The summed E-state index contributed by atoms with van der Waals surface area (Å²) in [5, 5.41) is 3.22. The fraction of sp³-hybridized carbons (Fsp3) is 0.412. The number of nitrogens with one attached hydrogen (secondary N) is 1. The Balaban J connectivity index is 1.81. The molecule has 1 saturated heterocycles. The highest BCUT2D eigenvalue weighted by Gasteiger charge is 2.28. The zero-order valence-corrected chi connectivity index (χ0v) is 14.8. The molecule has 0 spiro atoms. The van der Waals surface area contributed by atoms with Crippen LogP contribution in [0, 0.1) is 6.92 Å². The molecule has 1 N–H and O–H groups in total. The summed E-state index contributed by atoms with van der Waals surface area (Å²) in [4.78, 5) is 10.7. The van der Waals surface area contributed by atoms with Gasteiger partial charge >= 0.3 is 0 Å². The SMILES string of the molecule is CCN(c1cccc(C)c1)c1cc(NC2CCS(=O)(=O)C2)ncn1. The molecule has 24 heavy (non-hydrogen) atoms. The minimum Gasteiger partial charge on any atom is -0.366 e. The summed E-state index contributed by atoms with van der Waals surface area (Å²) in [7, 11) is -2.91. The van der Waals surface area contributed by atoms with Crippen molar-refractivity contribution in [3.05, 3.63) is 42.2 Å². The standard InChI is InChI=1S/C17H22N4O2S/c1-3-21(15-6-4-5-13(2)9-15)17-10-16(18-12-19-17)20-14-7-8-24(22,23)11-14/h4-6,9-10,12,14H,3,7-8,11H2,1-2H3,(H,18,19,20). The molecule has 1 aliphatic rings. The molecule has 0 aliphatic carbocycles. The van der Waals surface area contributed by atoms with Gasteiger partial charge in [-0.25, -0.2) is 18.4 Å². The third-order valence-corrected chi connectivity index (χ3v) is 5.91. The summed E-state index contributed by atoms with van der Waals surface area (Å²) in [6, 6.07) is 10.0. The maximum absolute atomic E-state index is 11.6. The smallest absolute Gasteiger partial charge is 0.152 e. The summed E-state index contributed by atoms with van der Waals surface area (Å²) >= 11 is 0. The van der Waals surface area contributed by atoms with E-state index in [4.69, 9.17) is 0 Å². The first-order valence-corrected chi connectivity index (χ1v) is 9.92. The number of rotatable bonds is 5. The minimum absolute atomic E-state index is 0.0770. The van der Waals surface area contributed by atoms with Gasteiger partial charge in [0.05, 0.1) is 11.5 Å². The number of hydrogen-bond acceptors (Lipinski definition) is 6. The Morgan fingerprint density at radius 3 is 2.79 bits per heavy atom. The van der Waals surface area contributed by atoms with Crippen LogP contribution in [0.4, 0.5) is 17.3 Å². The van der Waals surface area contributed by atoms with Crippen LogP contribution in [0.3, 0.4) is 0 Å². The zero-order valence-electron chi connectivity index (χ0n) is 13.9. The second-order valence-electron chi connectivity index (χ2n) is 6.09. The summed E-state index contributed by atoms with van der Waals surface area (Å²) in [5.41, 5.74) is 2.26. The average molecular weight is 346 g/mol. The highest BCUT2D eigenvalue weighted by Crippen LogP contribution is 2.26. The Hall–Kier alpha value is -2.15. The maximum atomic E-state index is 11.6. The Morgan fingerprint density at radius 1 is 1.29 bits per heavy atom. The summed E-state index contributed by atoms with van der Waals surface area (Å²) in [6.07, 6.45) is 2.14. The van der Waals surface area contributed by atoms with Crippen LogP contribution in [-0.2, 0) is 9.84 Å². The monoisotopic (exact) mass is 346 g/mol. The maximum Gasteiger partial charge on any atom is 0.152 e. The Labute approximate surface area is 142 Å². The molecule has 1 aliphatic heterocycles. The summed E-state index contributed by atoms with van der Waals surface area (Å²) in [5.74, 6) is 1.86. The van der Waals surface area contributed by atoms with E-state index in [9.17, 15) is 8.42 Å². The lowest BCUT2D eigenvalue weighted by Gasteiger charge is -2.23. The van der Waals surface area contributed by atoms with Gasteiger partial charge in [-0.1, -0.05) is 12.1 Å². The van der Waals surface area contributed by atoms with Crippen molar-refractivity contribution in [1.82, 2.24) is 9.97 Å². The molecule has 0 bridgehead atoms. The van der Waals surface area contributed by atoms with Gasteiger partial charge in [-0.2, -0.15) is 0 Å². The van der Waals surface area contributed by atoms with Crippen molar-refractivity contribution < 1.29 is 8.42 Å².